The molecule has 0 unspecified atom stereocenters. The van der Waals surface area contributed by atoms with Crippen molar-refractivity contribution in [2.24, 2.45) is 0 Å². The molecule has 1 saturated heterocycles. The molecule has 5 heteroatoms. The maximum absolute atomic E-state index is 12.7. The van der Waals surface area contributed by atoms with E-state index in [0.717, 1.165) is 31.9 Å². The first kappa shape index (κ1) is 14.6. The van der Waals surface area contributed by atoms with Gasteiger partial charge in [-0.1, -0.05) is 12.8 Å². The summed E-state index contributed by atoms with van der Waals surface area (Å²) in [5.74, 6) is 0.163. The summed E-state index contributed by atoms with van der Waals surface area (Å²) in [5, 5.41) is 8.98. The van der Waals surface area contributed by atoms with Crippen LogP contribution in [0.3, 0.4) is 0 Å². The second-order valence-electron chi connectivity index (χ2n) is 6.10. The molecule has 3 rings (SSSR count). The van der Waals surface area contributed by atoms with Crippen LogP contribution in [0.15, 0.2) is 18.3 Å². The van der Waals surface area contributed by atoms with Gasteiger partial charge in [-0.3, -0.25) is 9.69 Å². The van der Waals surface area contributed by atoms with Crippen LogP contribution in [0.5, 0.6) is 0 Å². The number of piperazine rings is 1. The summed E-state index contributed by atoms with van der Waals surface area (Å²) < 4.78 is 2.19. The van der Waals surface area contributed by atoms with Crippen LogP contribution in [0.1, 0.15) is 42.2 Å². The summed E-state index contributed by atoms with van der Waals surface area (Å²) in [5.41, 5.74) is 0.845. The SMILES string of the molecule is O=C(c1cccn1C1CCCC1)N1CCN(CCO)CC1. The lowest BCUT2D eigenvalue weighted by Gasteiger charge is -2.34. The Kier molecular flexibility index (Phi) is 4.60. The molecule has 0 spiro atoms. The molecule has 1 aromatic heterocycles. The number of nitrogens with zero attached hydrogens (tertiary/aromatic N) is 3. The number of rotatable bonds is 4. The van der Waals surface area contributed by atoms with Gasteiger partial charge in [0.05, 0.1) is 6.61 Å². The molecule has 21 heavy (non-hydrogen) atoms. The number of aromatic nitrogens is 1. The van der Waals surface area contributed by atoms with Crippen LogP contribution in [-0.4, -0.2) is 64.7 Å². The molecule has 1 saturated carbocycles. The molecule has 2 heterocycles. The minimum Gasteiger partial charge on any atom is -0.395 e. The molecular formula is C16H25N3O2. The molecule has 1 aliphatic heterocycles. The molecule has 1 N–H and O–H groups in total. The molecule has 2 aliphatic rings. The molecule has 1 aromatic rings. The van der Waals surface area contributed by atoms with Gasteiger partial charge in [-0.05, 0) is 25.0 Å². The number of aliphatic hydroxyl groups is 1. The second-order valence-corrected chi connectivity index (χ2v) is 6.10. The Morgan fingerprint density at radius 3 is 2.57 bits per heavy atom. The highest BCUT2D eigenvalue weighted by atomic mass is 16.3. The summed E-state index contributed by atoms with van der Waals surface area (Å²) >= 11 is 0. The number of amides is 1. The standard InChI is InChI=1S/C16H25N3O2/c20-13-12-17-8-10-18(11-9-17)16(21)15-6-3-7-19(15)14-4-1-2-5-14/h3,6-7,14,20H,1-2,4-5,8-13H2. The quantitative estimate of drug-likeness (QED) is 0.911. The highest BCUT2D eigenvalue weighted by Crippen LogP contribution is 2.31. The highest BCUT2D eigenvalue weighted by molar-refractivity contribution is 5.93. The zero-order valence-corrected chi connectivity index (χ0v) is 12.6. The fraction of sp³-hybridized carbons (Fsp3) is 0.688. The van der Waals surface area contributed by atoms with Gasteiger partial charge in [-0.25, -0.2) is 0 Å². The zero-order valence-electron chi connectivity index (χ0n) is 12.6. The summed E-state index contributed by atoms with van der Waals surface area (Å²) in [7, 11) is 0. The molecule has 1 amide bonds. The first-order valence-electron chi connectivity index (χ1n) is 8.09. The van der Waals surface area contributed by atoms with Crippen LogP contribution in [-0.2, 0) is 0 Å². The molecule has 0 atom stereocenters. The first-order chi connectivity index (χ1) is 10.3. The average molecular weight is 291 g/mol. The lowest BCUT2D eigenvalue weighted by atomic mass is 10.2. The molecule has 0 aromatic carbocycles. The predicted molar refractivity (Wildman–Crippen MR) is 81.4 cm³/mol. The third-order valence-electron chi connectivity index (χ3n) is 4.79. The Balaban J connectivity index is 1.65. The number of hydrogen-bond acceptors (Lipinski definition) is 3. The van der Waals surface area contributed by atoms with Crippen LogP contribution in [0.4, 0.5) is 0 Å². The highest BCUT2D eigenvalue weighted by Gasteiger charge is 2.26. The Hall–Kier alpha value is -1.33. The maximum Gasteiger partial charge on any atom is 0.270 e. The average Bonchev–Trinajstić information content (AvgIpc) is 3.18. The molecule has 0 bridgehead atoms. The topological polar surface area (TPSA) is 48.7 Å². The summed E-state index contributed by atoms with van der Waals surface area (Å²) in [4.78, 5) is 16.9. The van der Waals surface area contributed by atoms with Crippen molar-refractivity contribution in [3.05, 3.63) is 24.0 Å². The van der Waals surface area contributed by atoms with Gasteiger partial charge < -0.3 is 14.6 Å². The van der Waals surface area contributed by atoms with Crippen molar-refractivity contribution >= 4 is 5.91 Å². The van der Waals surface area contributed by atoms with Gasteiger partial charge >= 0.3 is 0 Å². The summed E-state index contributed by atoms with van der Waals surface area (Å²) in [6, 6.07) is 4.46. The number of hydrogen-bond donors (Lipinski definition) is 1. The van der Waals surface area contributed by atoms with Crippen molar-refractivity contribution < 1.29 is 9.90 Å². The molecule has 2 fully saturated rings. The van der Waals surface area contributed by atoms with E-state index in [4.69, 9.17) is 5.11 Å². The Bertz CT molecular complexity index is 472. The van der Waals surface area contributed by atoms with Crippen molar-refractivity contribution in [3.8, 4) is 0 Å². The van der Waals surface area contributed by atoms with E-state index in [1.165, 1.54) is 25.7 Å². The summed E-state index contributed by atoms with van der Waals surface area (Å²) in [6.45, 7) is 4.13. The van der Waals surface area contributed by atoms with E-state index in [-0.39, 0.29) is 12.5 Å². The summed E-state index contributed by atoms with van der Waals surface area (Å²) in [6.07, 6.45) is 7.00. The zero-order chi connectivity index (χ0) is 14.7. The van der Waals surface area contributed by atoms with Crippen molar-refractivity contribution in [3.63, 3.8) is 0 Å². The Morgan fingerprint density at radius 1 is 1.19 bits per heavy atom. The second kappa shape index (κ2) is 6.62. The lowest BCUT2D eigenvalue weighted by molar-refractivity contribution is 0.0602. The van der Waals surface area contributed by atoms with E-state index in [1.807, 2.05) is 17.0 Å². The number of β-amino-alcohol motifs (C(OH)–C–C–N with tert-alkyl or cyclic N) is 1. The number of aliphatic hydroxyl groups excluding tert-OH is 1. The minimum absolute atomic E-state index is 0.163. The number of carbonyl (C=O) groups is 1. The van der Waals surface area contributed by atoms with Crippen LogP contribution in [0, 0.1) is 0 Å². The lowest BCUT2D eigenvalue weighted by Crippen LogP contribution is -2.49. The van der Waals surface area contributed by atoms with Crippen LogP contribution < -0.4 is 0 Å². The van der Waals surface area contributed by atoms with E-state index in [2.05, 4.69) is 15.7 Å². The first-order valence-corrected chi connectivity index (χ1v) is 8.09. The van der Waals surface area contributed by atoms with E-state index >= 15 is 0 Å². The van der Waals surface area contributed by atoms with Crippen LogP contribution in [0.2, 0.25) is 0 Å². The van der Waals surface area contributed by atoms with Gasteiger partial charge in [-0.15, -0.1) is 0 Å². The van der Waals surface area contributed by atoms with Gasteiger partial charge in [0.15, 0.2) is 0 Å². The normalized spacial score (nSPS) is 21.1. The molecule has 116 valence electrons. The van der Waals surface area contributed by atoms with E-state index in [9.17, 15) is 4.79 Å². The Labute approximate surface area is 126 Å². The molecule has 5 nitrogen and oxygen atoms in total. The van der Waals surface area contributed by atoms with Crippen molar-refractivity contribution in [1.82, 2.24) is 14.4 Å². The van der Waals surface area contributed by atoms with Crippen LogP contribution in [0.25, 0.3) is 0 Å². The van der Waals surface area contributed by atoms with E-state index in [1.54, 1.807) is 0 Å². The van der Waals surface area contributed by atoms with E-state index < -0.39 is 0 Å². The minimum atomic E-state index is 0.163. The van der Waals surface area contributed by atoms with Crippen molar-refractivity contribution in [2.45, 2.75) is 31.7 Å². The fourth-order valence-electron chi connectivity index (χ4n) is 3.55. The largest absolute Gasteiger partial charge is 0.395 e. The van der Waals surface area contributed by atoms with Gasteiger partial charge in [0.2, 0.25) is 0 Å². The molecular weight excluding hydrogens is 266 g/mol. The van der Waals surface area contributed by atoms with Gasteiger partial charge in [0.1, 0.15) is 5.69 Å². The third-order valence-corrected chi connectivity index (χ3v) is 4.79. The maximum atomic E-state index is 12.7. The predicted octanol–water partition coefficient (Wildman–Crippen LogP) is 1.35. The van der Waals surface area contributed by atoms with Crippen molar-refractivity contribution in [1.29, 1.82) is 0 Å². The van der Waals surface area contributed by atoms with E-state index in [0.29, 0.717) is 12.6 Å². The molecule has 1 aliphatic carbocycles. The van der Waals surface area contributed by atoms with Gasteiger partial charge in [-0.2, -0.15) is 0 Å². The number of carbonyl (C=O) groups excluding carboxylic acids is 1. The van der Waals surface area contributed by atoms with Gasteiger partial charge in [0, 0.05) is 45.0 Å². The van der Waals surface area contributed by atoms with Crippen LogP contribution >= 0.6 is 0 Å². The monoisotopic (exact) mass is 291 g/mol. The smallest absolute Gasteiger partial charge is 0.270 e. The Morgan fingerprint density at radius 2 is 1.90 bits per heavy atom. The fourth-order valence-corrected chi connectivity index (χ4v) is 3.55. The van der Waals surface area contributed by atoms with Gasteiger partial charge in [0.25, 0.3) is 5.91 Å². The molecule has 0 radical (unpaired) electrons. The van der Waals surface area contributed by atoms with Crippen molar-refractivity contribution in [2.75, 3.05) is 39.3 Å². The third kappa shape index (κ3) is 3.14.